The van der Waals surface area contributed by atoms with Crippen LogP contribution in [0.5, 0.6) is 17.2 Å². The average Bonchev–Trinajstić information content (AvgIpc) is 3.27. The number of halogens is 2. The van der Waals surface area contributed by atoms with E-state index in [0.29, 0.717) is 12.4 Å². The van der Waals surface area contributed by atoms with E-state index in [1.165, 1.54) is 10.8 Å². The molecule has 4 aromatic carbocycles. The summed E-state index contributed by atoms with van der Waals surface area (Å²) >= 11 is 7.39. The molecular weight excluding hydrogens is 596 g/mol. The van der Waals surface area contributed by atoms with E-state index in [4.69, 9.17) is 9.47 Å². The van der Waals surface area contributed by atoms with Crippen molar-refractivity contribution in [2.75, 3.05) is 0 Å². The van der Waals surface area contributed by atoms with E-state index in [2.05, 4.69) is 82.1 Å². The fraction of sp³-hybridized carbons (Fsp3) is 0.258. The summed E-state index contributed by atoms with van der Waals surface area (Å²) < 4.78 is 14.3. The predicted molar refractivity (Wildman–Crippen MR) is 154 cm³/mol. The Morgan fingerprint density at radius 3 is 2.57 bits per heavy atom. The van der Waals surface area contributed by atoms with Gasteiger partial charge in [0.2, 0.25) is 0 Å². The Hall–Kier alpha value is -2.83. The SMILES string of the molecule is CC(C)c1cc(Oc2c(Br)cc3c(c2Br)CCC3CC(=O)O)ccc1OCc1ccc2ccccc2c1. The van der Waals surface area contributed by atoms with Crippen molar-refractivity contribution in [1.29, 1.82) is 0 Å². The van der Waals surface area contributed by atoms with E-state index in [0.717, 1.165) is 55.5 Å². The van der Waals surface area contributed by atoms with Gasteiger partial charge in [-0.3, -0.25) is 4.79 Å². The first kappa shape index (κ1) is 25.8. The van der Waals surface area contributed by atoms with Crippen LogP contribution in [-0.2, 0) is 17.8 Å². The highest BCUT2D eigenvalue weighted by atomic mass is 79.9. The lowest BCUT2D eigenvalue weighted by atomic mass is 9.98. The number of rotatable bonds is 8. The van der Waals surface area contributed by atoms with Gasteiger partial charge in [0, 0.05) is 5.56 Å². The van der Waals surface area contributed by atoms with Crippen molar-refractivity contribution in [1.82, 2.24) is 0 Å². The quantitative estimate of drug-likeness (QED) is 0.212. The third-order valence-corrected chi connectivity index (χ3v) is 8.37. The number of benzene rings is 4. The maximum absolute atomic E-state index is 11.3. The van der Waals surface area contributed by atoms with Gasteiger partial charge in [0.15, 0.2) is 5.75 Å². The molecule has 1 atom stereocenters. The van der Waals surface area contributed by atoms with Gasteiger partial charge in [-0.2, -0.15) is 0 Å². The molecule has 37 heavy (non-hydrogen) atoms. The minimum absolute atomic E-state index is 0.0285. The summed E-state index contributed by atoms with van der Waals surface area (Å²) in [7, 11) is 0. The topological polar surface area (TPSA) is 55.8 Å². The predicted octanol–water partition coefficient (Wildman–Crippen LogP) is 9.36. The van der Waals surface area contributed by atoms with Crippen LogP contribution < -0.4 is 9.47 Å². The molecule has 1 unspecified atom stereocenters. The lowest BCUT2D eigenvalue weighted by molar-refractivity contribution is -0.137. The highest BCUT2D eigenvalue weighted by molar-refractivity contribution is 9.11. The maximum atomic E-state index is 11.3. The monoisotopic (exact) mass is 622 g/mol. The number of fused-ring (bicyclic) bond motifs is 2. The Morgan fingerprint density at radius 1 is 1.03 bits per heavy atom. The highest BCUT2D eigenvalue weighted by Crippen LogP contribution is 2.48. The van der Waals surface area contributed by atoms with Crippen molar-refractivity contribution in [2.45, 2.75) is 51.6 Å². The van der Waals surface area contributed by atoms with Crippen molar-refractivity contribution >= 4 is 48.6 Å². The van der Waals surface area contributed by atoms with Gasteiger partial charge in [-0.05, 0) is 114 Å². The van der Waals surface area contributed by atoms with Crippen molar-refractivity contribution in [3.8, 4) is 17.2 Å². The molecule has 0 bridgehead atoms. The molecule has 0 saturated heterocycles. The lowest BCUT2D eigenvalue weighted by Gasteiger charge is -2.18. The Kier molecular flexibility index (Phi) is 7.59. The zero-order valence-electron chi connectivity index (χ0n) is 20.8. The first-order chi connectivity index (χ1) is 17.8. The normalized spacial score (nSPS) is 14.7. The molecule has 0 aliphatic heterocycles. The van der Waals surface area contributed by atoms with E-state index < -0.39 is 5.97 Å². The molecule has 4 nitrogen and oxygen atoms in total. The standard InChI is InChI=1S/C31H28Br2O4/c1-18(2)25-15-23(10-12-28(25)36-17-19-7-8-20-5-3-4-6-21(20)13-19)37-31-27(32)16-26-22(14-29(34)35)9-11-24(26)30(31)33/h3-8,10,12-13,15-16,18,22H,9,11,14,17H2,1-2H3,(H,34,35). The second-order valence-electron chi connectivity index (χ2n) is 9.83. The molecule has 0 fully saturated rings. The molecule has 0 spiro atoms. The van der Waals surface area contributed by atoms with Crippen molar-refractivity contribution in [3.05, 3.63) is 97.9 Å². The van der Waals surface area contributed by atoms with E-state index in [9.17, 15) is 9.90 Å². The van der Waals surface area contributed by atoms with Gasteiger partial charge in [0.1, 0.15) is 18.1 Å². The van der Waals surface area contributed by atoms with E-state index in [1.807, 2.05) is 30.3 Å². The number of hydrogen-bond acceptors (Lipinski definition) is 3. The van der Waals surface area contributed by atoms with Gasteiger partial charge in [0.05, 0.1) is 15.4 Å². The first-order valence-corrected chi connectivity index (χ1v) is 14.0. The molecule has 1 aliphatic rings. The van der Waals surface area contributed by atoms with Crippen LogP contribution in [-0.4, -0.2) is 11.1 Å². The van der Waals surface area contributed by atoms with Gasteiger partial charge in [0.25, 0.3) is 0 Å². The maximum Gasteiger partial charge on any atom is 0.303 e. The van der Waals surface area contributed by atoms with Crippen LogP contribution in [0.1, 0.15) is 60.8 Å². The number of carboxylic acids is 1. The van der Waals surface area contributed by atoms with Crippen LogP contribution in [0.25, 0.3) is 10.8 Å². The van der Waals surface area contributed by atoms with Crippen LogP contribution in [0.4, 0.5) is 0 Å². The molecule has 4 aromatic rings. The summed E-state index contributed by atoms with van der Waals surface area (Å²) in [6, 6.07) is 22.7. The third kappa shape index (κ3) is 5.55. The molecule has 6 heteroatoms. The minimum atomic E-state index is -0.769. The minimum Gasteiger partial charge on any atom is -0.489 e. The number of carbonyl (C=O) groups is 1. The summed E-state index contributed by atoms with van der Waals surface area (Å²) in [6.07, 6.45) is 1.80. The van der Waals surface area contributed by atoms with E-state index in [1.54, 1.807) is 0 Å². The molecule has 0 aromatic heterocycles. The Bertz CT molecular complexity index is 1480. The molecule has 5 rings (SSSR count). The van der Waals surface area contributed by atoms with E-state index >= 15 is 0 Å². The summed E-state index contributed by atoms with van der Waals surface area (Å²) in [5.74, 6) is 1.78. The Labute approximate surface area is 233 Å². The average molecular weight is 624 g/mol. The summed E-state index contributed by atoms with van der Waals surface area (Å²) in [5.41, 5.74) is 4.41. The van der Waals surface area contributed by atoms with Crippen molar-refractivity contribution in [2.24, 2.45) is 0 Å². The number of carboxylic acid groups (broad SMARTS) is 1. The highest BCUT2D eigenvalue weighted by Gasteiger charge is 2.29. The number of hydrogen-bond donors (Lipinski definition) is 1. The molecule has 190 valence electrons. The first-order valence-electron chi connectivity index (χ1n) is 12.4. The fourth-order valence-electron chi connectivity index (χ4n) is 5.05. The summed E-state index contributed by atoms with van der Waals surface area (Å²) in [6.45, 7) is 4.78. The number of ether oxygens (including phenoxy) is 2. The number of aliphatic carboxylic acids is 1. The Balaban J connectivity index is 1.37. The lowest BCUT2D eigenvalue weighted by Crippen LogP contribution is -2.03. The molecule has 0 heterocycles. The largest absolute Gasteiger partial charge is 0.489 e. The van der Waals surface area contributed by atoms with Crippen LogP contribution >= 0.6 is 31.9 Å². The zero-order chi connectivity index (χ0) is 26.1. The smallest absolute Gasteiger partial charge is 0.303 e. The molecule has 1 N–H and O–H groups in total. The molecule has 0 amide bonds. The second-order valence-corrected chi connectivity index (χ2v) is 11.5. The zero-order valence-corrected chi connectivity index (χ0v) is 23.9. The summed E-state index contributed by atoms with van der Waals surface area (Å²) in [5, 5.41) is 11.7. The summed E-state index contributed by atoms with van der Waals surface area (Å²) in [4.78, 5) is 11.3. The van der Waals surface area contributed by atoms with Gasteiger partial charge in [-0.25, -0.2) is 0 Å². The van der Waals surface area contributed by atoms with Crippen LogP contribution in [0.2, 0.25) is 0 Å². The second kappa shape index (κ2) is 10.9. The molecular formula is C31H28Br2O4. The van der Waals surface area contributed by atoms with Gasteiger partial charge in [-0.15, -0.1) is 0 Å². The third-order valence-electron chi connectivity index (χ3n) is 6.95. The van der Waals surface area contributed by atoms with Crippen LogP contribution in [0.3, 0.4) is 0 Å². The molecule has 0 saturated carbocycles. The van der Waals surface area contributed by atoms with Crippen molar-refractivity contribution in [3.63, 3.8) is 0 Å². The van der Waals surface area contributed by atoms with E-state index in [-0.39, 0.29) is 18.3 Å². The van der Waals surface area contributed by atoms with Gasteiger partial charge < -0.3 is 14.6 Å². The van der Waals surface area contributed by atoms with Crippen molar-refractivity contribution < 1.29 is 19.4 Å². The van der Waals surface area contributed by atoms with Gasteiger partial charge >= 0.3 is 5.97 Å². The molecule has 0 radical (unpaired) electrons. The Morgan fingerprint density at radius 2 is 1.81 bits per heavy atom. The van der Waals surface area contributed by atoms with Gasteiger partial charge in [-0.1, -0.05) is 50.2 Å². The van der Waals surface area contributed by atoms with Crippen LogP contribution in [0.15, 0.2) is 75.7 Å². The van der Waals surface area contributed by atoms with Crippen LogP contribution in [0, 0.1) is 0 Å². The molecule has 1 aliphatic carbocycles. The fourth-order valence-corrected chi connectivity index (χ4v) is 6.56.